The molecule has 2 aliphatic carbocycles. The van der Waals surface area contributed by atoms with Gasteiger partial charge in [-0.05, 0) is 117 Å². The third kappa shape index (κ3) is 6.00. The lowest BCUT2D eigenvalue weighted by Crippen LogP contribution is -2.25. The van der Waals surface area contributed by atoms with Crippen molar-refractivity contribution in [3.63, 3.8) is 0 Å². The van der Waals surface area contributed by atoms with Gasteiger partial charge in [0.05, 0.1) is 11.1 Å². The van der Waals surface area contributed by atoms with Crippen molar-refractivity contribution in [3.8, 4) is 44.5 Å². The van der Waals surface area contributed by atoms with Gasteiger partial charge in [-0.25, -0.2) is 4.99 Å². The Morgan fingerprint density at radius 2 is 0.925 bits per heavy atom. The van der Waals surface area contributed by atoms with Crippen LogP contribution in [0.25, 0.3) is 82.5 Å². The SMILES string of the molecule is NC(=N/C(=C\Cc1ccc2c(c1)-c1ccccc1C21c2ccccc2-c2ccccc21)c1ccc(-c2c3ccccc3c(-c3ccccc3)c3ccc4ccccc4c23)cc1)c1ccccc1. The Kier molecular flexibility index (Phi) is 9.01. The second-order valence-electron chi connectivity index (χ2n) is 17.9. The molecule has 0 bridgehead atoms. The van der Waals surface area contributed by atoms with Gasteiger partial charge in [-0.15, -0.1) is 0 Å². The minimum absolute atomic E-state index is 0.361. The third-order valence-corrected chi connectivity index (χ3v) is 14.3. The molecule has 2 heteroatoms. The van der Waals surface area contributed by atoms with E-state index >= 15 is 0 Å². The van der Waals surface area contributed by atoms with Gasteiger partial charge >= 0.3 is 0 Å². The van der Waals surface area contributed by atoms with Crippen LogP contribution in [-0.4, -0.2) is 5.84 Å². The Hall–Kier alpha value is -8.59. The van der Waals surface area contributed by atoms with Crippen LogP contribution in [0.3, 0.4) is 0 Å². The summed E-state index contributed by atoms with van der Waals surface area (Å²) in [6.45, 7) is 0. The molecule has 0 aromatic heterocycles. The first-order valence-corrected chi connectivity index (χ1v) is 23.2. The minimum atomic E-state index is -0.361. The van der Waals surface area contributed by atoms with Crippen LogP contribution in [0.4, 0.5) is 0 Å². The molecule has 13 rings (SSSR count). The molecule has 0 atom stereocenters. The van der Waals surface area contributed by atoms with Gasteiger partial charge in [-0.2, -0.15) is 0 Å². The Morgan fingerprint density at radius 1 is 0.403 bits per heavy atom. The highest BCUT2D eigenvalue weighted by molar-refractivity contribution is 6.28. The van der Waals surface area contributed by atoms with Gasteiger partial charge in [0.15, 0.2) is 0 Å². The number of hydrogen-bond acceptors (Lipinski definition) is 1. The highest BCUT2D eigenvalue weighted by Gasteiger charge is 2.51. The van der Waals surface area contributed by atoms with Gasteiger partial charge in [-0.1, -0.05) is 243 Å². The molecule has 1 spiro atoms. The minimum Gasteiger partial charge on any atom is -0.383 e. The Balaban J connectivity index is 0.946. The summed E-state index contributed by atoms with van der Waals surface area (Å²) in [7, 11) is 0. The van der Waals surface area contributed by atoms with E-state index in [-0.39, 0.29) is 5.41 Å². The van der Waals surface area contributed by atoms with E-state index < -0.39 is 0 Å². The van der Waals surface area contributed by atoms with Gasteiger partial charge in [-0.3, -0.25) is 0 Å². The van der Waals surface area contributed by atoms with Crippen molar-refractivity contribution in [1.82, 2.24) is 0 Å². The molecule has 0 heterocycles. The predicted octanol–water partition coefficient (Wildman–Crippen LogP) is 15.8. The molecule has 0 unspecified atom stereocenters. The van der Waals surface area contributed by atoms with Crippen molar-refractivity contribution >= 4 is 43.9 Å². The smallest absolute Gasteiger partial charge is 0.131 e. The van der Waals surface area contributed by atoms with E-state index in [0.29, 0.717) is 12.3 Å². The first-order valence-electron chi connectivity index (χ1n) is 23.2. The van der Waals surface area contributed by atoms with E-state index in [1.54, 1.807) is 0 Å². The fourth-order valence-corrected chi connectivity index (χ4v) is 11.5. The van der Waals surface area contributed by atoms with E-state index in [1.807, 2.05) is 30.3 Å². The number of amidine groups is 1. The maximum Gasteiger partial charge on any atom is 0.131 e. The van der Waals surface area contributed by atoms with Crippen molar-refractivity contribution in [2.45, 2.75) is 11.8 Å². The van der Waals surface area contributed by atoms with Crippen molar-refractivity contribution < 1.29 is 0 Å². The average Bonchev–Trinajstić information content (AvgIpc) is 3.86. The van der Waals surface area contributed by atoms with Gasteiger partial charge in [0.1, 0.15) is 5.84 Å². The molecule has 0 radical (unpaired) electrons. The highest BCUT2D eigenvalue weighted by atomic mass is 14.9. The molecule has 314 valence electrons. The van der Waals surface area contributed by atoms with E-state index in [4.69, 9.17) is 10.7 Å². The fraction of sp³-hybridized carbons (Fsp3) is 0.0308. The lowest BCUT2D eigenvalue weighted by atomic mass is 9.70. The van der Waals surface area contributed by atoms with Crippen LogP contribution in [-0.2, 0) is 11.8 Å². The zero-order chi connectivity index (χ0) is 44.5. The standard InChI is InChI=1S/C65H44N2/c66-64(47-20-5-2-6-21-47)67-60(40-32-42-31-39-59-55(41-42)51-25-13-16-30-58(51)65(59)56-28-14-11-23-49(56)50-24-12-15-29-57(50)65)44-33-35-46(36-34-44)62-53-27-10-9-26-52(53)61(45-18-3-1-4-19-45)54-38-37-43-17-7-8-22-48(43)63(54)62/h1-31,33-41H,32H2,(H2,66,67)/b60-40-. The number of nitrogens with two attached hydrogens (primary N) is 1. The van der Waals surface area contributed by atoms with Crippen LogP contribution >= 0.6 is 0 Å². The molecule has 0 saturated carbocycles. The Bertz CT molecular complexity index is 3780. The van der Waals surface area contributed by atoms with Crippen molar-refractivity contribution in [2.24, 2.45) is 10.7 Å². The first kappa shape index (κ1) is 38.8. The van der Waals surface area contributed by atoms with Gasteiger partial charge < -0.3 is 5.73 Å². The molecule has 0 saturated heterocycles. The van der Waals surface area contributed by atoms with Crippen molar-refractivity contribution in [3.05, 3.63) is 282 Å². The van der Waals surface area contributed by atoms with Gasteiger partial charge in [0, 0.05) is 5.56 Å². The number of rotatable bonds is 7. The molecule has 67 heavy (non-hydrogen) atoms. The largest absolute Gasteiger partial charge is 0.383 e. The monoisotopic (exact) mass is 852 g/mol. The topological polar surface area (TPSA) is 38.4 Å². The number of benzene rings is 11. The number of aliphatic imine (C=N–C) groups is 1. The molecular weight excluding hydrogens is 809 g/mol. The molecular formula is C65H44N2. The van der Waals surface area contributed by atoms with Crippen molar-refractivity contribution in [1.29, 1.82) is 0 Å². The lowest BCUT2D eigenvalue weighted by Gasteiger charge is -2.30. The van der Waals surface area contributed by atoms with Crippen LogP contribution in [0.15, 0.2) is 248 Å². The first-order chi connectivity index (χ1) is 33.2. The van der Waals surface area contributed by atoms with Crippen LogP contribution in [0.5, 0.6) is 0 Å². The molecule has 0 aliphatic heterocycles. The molecule has 0 amide bonds. The van der Waals surface area contributed by atoms with Gasteiger partial charge in [0.2, 0.25) is 0 Å². The number of nitrogens with zero attached hydrogens (tertiary/aromatic N) is 1. The number of fused-ring (bicyclic) bond motifs is 14. The average molecular weight is 853 g/mol. The normalized spacial score (nSPS) is 13.5. The number of hydrogen-bond donors (Lipinski definition) is 1. The van der Waals surface area contributed by atoms with E-state index in [0.717, 1.165) is 22.4 Å². The quantitative estimate of drug-likeness (QED) is 0.0738. The van der Waals surface area contributed by atoms with Crippen LogP contribution in [0.1, 0.15) is 38.9 Å². The molecule has 2 aliphatic rings. The number of allylic oxidation sites excluding steroid dienone is 1. The maximum atomic E-state index is 6.84. The second-order valence-corrected chi connectivity index (χ2v) is 17.9. The molecule has 11 aromatic carbocycles. The van der Waals surface area contributed by atoms with Crippen LogP contribution in [0.2, 0.25) is 0 Å². The maximum absolute atomic E-state index is 6.84. The molecule has 11 aromatic rings. The summed E-state index contributed by atoms with van der Waals surface area (Å²) in [4.78, 5) is 5.19. The van der Waals surface area contributed by atoms with E-state index in [9.17, 15) is 0 Å². The van der Waals surface area contributed by atoms with Crippen LogP contribution < -0.4 is 5.73 Å². The van der Waals surface area contributed by atoms with E-state index in [1.165, 1.54) is 99.1 Å². The van der Waals surface area contributed by atoms with E-state index in [2.05, 4.69) is 212 Å². The lowest BCUT2D eigenvalue weighted by molar-refractivity contribution is 0.793. The Labute approximate surface area is 390 Å². The van der Waals surface area contributed by atoms with Crippen molar-refractivity contribution in [2.75, 3.05) is 0 Å². The summed E-state index contributed by atoms with van der Waals surface area (Å²) in [5, 5.41) is 7.43. The summed E-state index contributed by atoms with van der Waals surface area (Å²) < 4.78 is 0. The molecule has 2 N–H and O–H groups in total. The summed E-state index contributed by atoms with van der Waals surface area (Å²) in [6, 6.07) is 86.1. The predicted molar refractivity (Wildman–Crippen MR) is 281 cm³/mol. The summed E-state index contributed by atoms with van der Waals surface area (Å²) in [6.07, 6.45) is 2.93. The fourth-order valence-electron chi connectivity index (χ4n) is 11.5. The van der Waals surface area contributed by atoms with Crippen LogP contribution in [0, 0.1) is 0 Å². The Morgan fingerprint density at radius 3 is 1.60 bits per heavy atom. The summed E-state index contributed by atoms with van der Waals surface area (Å²) in [5.74, 6) is 0.485. The third-order valence-electron chi connectivity index (χ3n) is 14.3. The molecule has 2 nitrogen and oxygen atoms in total. The summed E-state index contributed by atoms with van der Waals surface area (Å²) >= 11 is 0. The second kappa shape index (κ2) is 15.5. The molecule has 0 fully saturated rings. The zero-order valence-corrected chi connectivity index (χ0v) is 36.8. The zero-order valence-electron chi connectivity index (χ0n) is 36.8. The highest BCUT2D eigenvalue weighted by Crippen LogP contribution is 2.62. The summed E-state index contributed by atoms with van der Waals surface area (Å²) in [5.41, 5.74) is 25.9. The van der Waals surface area contributed by atoms with Gasteiger partial charge in [0.25, 0.3) is 0 Å².